The molecule has 0 amide bonds. The van der Waals surface area contributed by atoms with E-state index in [2.05, 4.69) is 9.72 Å². The van der Waals surface area contributed by atoms with E-state index in [-0.39, 0.29) is 24.5 Å². The number of hydrogen-bond acceptors (Lipinski definition) is 4. The van der Waals surface area contributed by atoms with Crippen LogP contribution in [0.25, 0.3) is 0 Å². The van der Waals surface area contributed by atoms with E-state index in [9.17, 15) is 18.0 Å². The van der Waals surface area contributed by atoms with Crippen LogP contribution >= 0.6 is 0 Å². The maximum absolute atomic E-state index is 13.3. The minimum Gasteiger partial charge on any atom is -0.495 e. The van der Waals surface area contributed by atoms with Gasteiger partial charge in [-0.15, -0.1) is 0 Å². The van der Waals surface area contributed by atoms with Crippen LogP contribution in [-0.4, -0.2) is 24.7 Å². The zero-order valence-electron chi connectivity index (χ0n) is 9.87. The summed E-state index contributed by atoms with van der Waals surface area (Å²) in [6.45, 7) is 1.78. The number of methoxy groups -OCH3 is 1. The first kappa shape index (κ1) is 14.3. The van der Waals surface area contributed by atoms with Crippen molar-refractivity contribution >= 4 is 5.97 Å². The molecule has 1 heterocycles. The van der Waals surface area contributed by atoms with Gasteiger partial charge < -0.3 is 9.47 Å². The lowest BCUT2D eigenvalue weighted by atomic mass is 10.2. The van der Waals surface area contributed by atoms with Gasteiger partial charge in [0.05, 0.1) is 31.4 Å². The molecule has 1 rings (SSSR count). The van der Waals surface area contributed by atoms with Gasteiger partial charge in [0.2, 0.25) is 5.95 Å². The maximum atomic E-state index is 13.3. The van der Waals surface area contributed by atoms with Gasteiger partial charge in [0.15, 0.2) is 0 Å². The first-order valence-electron chi connectivity index (χ1n) is 5.16. The number of carbonyl (C=O) groups excluding carboxylic acids is 1. The SMILES string of the molecule is CCOC(=O)Cc1nc(F)c(C(F)F)cc1OC. The number of alkyl halides is 2. The molecular weight excluding hydrogens is 251 g/mol. The molecule has 1 aromatic rings. The Labute approximate surface area is 102 Å². The number of carbonyl (C=O) groups is 1. The molecule has 7 heteroatoms. The first-order chi connectivity index (χ1) is 8.49. The Bertz CT molecular complexity index is 438. The lowest BCUT2D eigenvalue weighted by Crippen LogP contribution is -2.11. The predicted molar refractivity (Wildman–Crippen MR) is 56.0 cm³/mol. The maximum Gasteiger partial charge on any atom is 0.312 e. The number of pyridine rings is 1. The summed E-state index contributed by atoms with van der Waals surface area (Å²) in [5.74, 6) is -2.02. The molecule has 4 nitrogen and oxygen atoms in total. The molecule has 1 aromatic heterocycles. The highest BCUT2D eigenvalue weighted by atomic mass is 19.3. The van der Waals surface area contributed by atoms with Gasteiger partial charge in [0, 0.05) is 0 Å². The van der Waals surface area contributed by atoms with E-state index in [0.717, 1.165) is 6.07 Å². The third-order valence-electron chi connectivity index (χ3n) is 2.11. The normalized spacial score (nSPS) is 10.6. The summed E-state index contributed by atoms with van der Waals surface area (Å²) >= 11 is 0. The zero-order valence-corrected chi connectivity index (χ0v) is 9.87. The number of rotatable bonds is 5. The number of hydrogen-bond donors (Lipinski definition) is 0. The van der Waals surface area contributed by atoms with Gasteiger partial charge in [0.25, 0.3) is 6.43 Å². The van der Waals surface area contributed by atoms with Crippen molar-refractivity contribution in [1.82, 2.24) is 4.98 Å². The summed E-state index contributed by atoms with van der Waals surface area (Å²) in [4.78, 5) is 14.5. The molecule has 0 saturated heterocycles. The lowest BCUT2D eigenvalue weighted by Gasteiger charge is -2.10. The van der Waals surface area contributed by atoms with E-state index in [4.69, 9.17) is 4.74 Å². The molecule has 0 aliphatic carbocycles. The molecule has 0 unspecified atom stereocenters. The summed E-state index contributed by atoms with van der Waals surface area (Å²) in [6.07, 6.45) is -3.33. The predicted octanol–water partition coefficient (Wildman–Crippen LogP) is 2.27. The third kappa shape index (κ3) is 3.35. The van der Waals surface area contributed by atoms with Crippen LogP contribution in [0.4, 0.5) is 13.2 Å². The van der Waals surface area contributed by atoms with Crippen LogP contribution in [0.3, 0.4) is 0 Å². The number of aromatic nitrogens is 1. The van der Waals surface area contributed by atoms with E-state index >= 15 is 0 Å². The second-order valence-electron chi connectivity index (χ2n) is 3.30. The summed E-state index contributed by atoms with van der Waals surface area (Å²) in [7, 11) is 1.22. The molecule has 0 bridgehead atoms. The highest BCUT2D eigenvalue weighted by Gasteiger charge is 2.20. The fourth-order valence-electron chi connectivity index (χ4n) is 1.33. The van der Waals surface area contributed by atoms with Crippen molar-refractivity contribution in [3.05, 3.63) is 23.3 Å². The molecule has 0 saturated carbocycles. The highest BCUT2D eigenvalue weighted by Crippen LogP contribution is 2.27. The molecule has 0 aromatic carbocycles. The third-order valence-corrected chi connectivity index (χ3v) is 2.11. The van der Waals surface area contributed by atoms with Crippen molar-refractivity contribution in [1.29, 1.82) is 0 Å². The second kappa shape index (κ2) is 6.23. The average Bonchev–Trinajstić information content (AvgIpc) is 2.29. The molecule has 100 valence electrons. The molecular formula is C11H12F3NO3. The van der Waals surface area contributed by atoms with Crippen LogP contribution in [0, 0.1) is 5.95 Å². The van der Waals surface area contributed by atoms with Crippen LogP contribution in [0.15, 0.2) is 6.07 Å². The second-order valence-corrected chi connectivity index (χ2v) is 3.30. The van der Waals surface area contributed by atoms with E-state index in [1.165, 1.54) is 7.11 Å². The van der Waals surface area contributed by atoms with Crippen LogP contribution in [0.2, 0.25) is 0 Å². The number of esters is 1. The Balaban J connectivity index is 3.05. The van der Waals surface area contributed by atoms with Crippen LogP contribution in [0.5, 0.6) is 5.75 Å². The van der Waals surface area contributed by atoms with Gasteiger partial charge in [-0.2, -0.15) is 4.39 Å². The molecule has 0 spiro atoms. The van der Waals surface area contributed by atoms with Crippen molar-refractivity contribution in [3.8, 4) is 5.75 Å². The van der Waals surface area contributed by atoms with Crippen molar-refractivity contribution in [3.63, 3.8) is 0 Å². The molecule has 0 aliphatic heterocycles. The van der Waals surface area contributed by atoms with Crippen molar-refractivity contribution in [2.45, 2.75) is 19.8 Å². The van der Waals surface area contributed by atoms with Gasteiger partial charge in [-0.1, -0.05) is 0 Å². The Morgan fingerprint density at radius 3 is 2.67 bits per heavy atom. The summed E-state index contributed by atoms with van der Waals surface area (Å²) in [5.41, 5.74) is -0.933. The Morgan fingerprint density at radius 1 is 1.50 bits per heavy atom. The van der Waals surface area contributed by atoms with Crippen LogP contribution < -0.4 is 4.74 Å². The number of halogens is 3. The summed E-state index contributed by atoms with van der Waals surface area (Å²) in [5, 5.41) is 0. The van der Waals surface area contributed by atoms with Crippen molar-refractivity contribution < 1.29 is 27.4 Å². The quantitative estimate of drug-likeness (QED) is 0.604. The minimum absolute atomic E-state index is 0.0697. The van der Waals surface area contributed by atoms with E-state index in [1.807, 2.05) is 0 Å². The van der Waals surface area contributed by atoms with Crippen LogP contribution in [0.1, 0.15) is 24.6 Å². The van der Waals surface area contributed by atoms with Gasteiger partial charge in [-0.25, -0.2) is 13.8 Å². The smallest absolute Gasteiger partial charge is 0.312 e. The average molecular weight is 263 g/mol. The summed E-state index contributed by atoms with van der Waals surface area (Å²) < 4.78 is 47.6. The largest absolute Gasteiger partial charge is 0.495 e. The number of nitrogens with zero attached hydrogens (tertiary/aromatic N) is 1. The Morgan fingerprint density at radius 2 is 2.17 bits per heavy atom. The van der Waals surface area contributed by atoms with E-state index in [0.29, 0.717) is 0 Å². The molecule has 0 fully saturated rings. The summed E-state index contributed by atoms with van der Waals surface area (Å²) in [6, 6.07) is 0.835. The zero-order chi connectivity index (χ0) is 13.7. The fourth-order valence-corrected chi connectivity index (χ4v) is 1.33. The highest BCUT2D eigenvalue weighted by molar-refractivity contribution is 5.72. The first-order valence-corrected chi connectivity index (χ1v) is 5.16. The Hall–Kier alpha value is -1.79. The lowest BCUT2D eigenvalue weighted by molar-refractivity contribution is -0.142. The molecule has 18 heavy (non-hydrogen) atoms. The Kier molecular flexibility index (Phi) is 4.94. The van der Waals surface area contributed by atoms with E-state index < -0.39 is 23.9 Å². The minimum atomic E-state index is -3.00. The molecule has 0 atom stereocenters. The standard InChI is InChI=1S/C11H12F3NO3/c1-3-18-9(16)5-7-8(17-2)4-6(10(12)13)11(14)15-7/h4,10H,3,5H2,1-2H3. The molecule has 0 radical (unpaired) electrons. The van der Waals surface area contributed by atoms with Crippen molar-refractivity contribution in [2.75, 3.05) is 13.7 Å². The van der Waals surface area contributed by atoms with Crippen LogP contribution in [-0.2, 0) is 16.0 Å². The van der Waals surface area contributed by atoms with E-state index in [1.54, 1.807) is 6.92 Å². The van der Waals surface area contributed by atoms with Gasteiger partial charge in [-0.3, -0.25) is 4.79 Å². The molecule has 0 aliphatic rings. The topological polar surface area (TPSA) is 48.4 Å². The van der Waals surface area contributed by atoms with Crippen molar-refractivity contribution in [2.24, 2.45) is 0 Å². The molecule has 0 N–H and O–H groups in total. The van der Waals surface area contributed by atoms with Gasteiger partial charge in [-0.05, 0) is 13.0 Å². The van der Waals surface area contributed by atoms with Gasteiger partial charge in [0.1, 0.15) is 5.75 Å². The fraction of sp³-hybridized carbons (Fsp3) is 0.455. The number of ether oxygens (including phenoxy) is 2. The monoisotopic (exact) mass is 263 g/mol. The van der Waals surface area contributed by atoms with Gasteiger partial charge >= 0.3 is 5.97 Å².